The van der Waals surface area contributed by atoms with Crippen LogP contribution in [0.2, 0.25) is 0 Å². The third-order valence-electron chi connectivity index (χ3n) is 4.03. The first kappa shape index (κ1) is 14.5. The van der Waals surface area contributed by atoms with Crippen molar-refractivity contribution in [2.75, 3.05) is 13.2 Å². The van der Waals surface area contributed by atoms with Crippen molar-refractivity contribution in [3.8, 4) is 11.8 Å². The largest absolute Gasteiger partial charge is 0.384 e. The third kappa shape index (κ3) is 3.37. The summed E-state index contributed by atoms with van der Waals surface area (Å²) in [7, 11) is 0. The Bertz CT molecular complexity index is 534. The highest BCUT2D eigenvalue weighted by Crippen LogP contribution is 2.51. The second-order valence-corrected chi connectivity index (χ2v) is 5.59. The fourth-order valence-electron chi connectivity index (χ4n) is 2.21. The second kappa shape index (κ2) is 6.06. The Labute approximate surface area is 119 Å². The topological polar surface area (TPSA) is 62.2 Å². The first-order chi connectivity index (χ1) is 9.57. The molecule has 1 aromatic heterocycles. The van der Waals surface area contributed by atoms with Crippen LogP contribution < -0.4 is 5.32 Å². The number of hydrogen-bond donors (Lipinski definition) is 2. The lowest BCUT2D eigenvalue weighted by molar-refractivity contribution is 0.0935. The lowest BCUT2D eigenvalue weighted by Crippen LogP contribution is -2.33. The van der Waals surface area contributed by atoms with Crippen molar-refractivity contribution in [1.82, 2.24) is 10.3 Å². The van der Waals surface area contributed by atoms with Crippen LogP contribution in [0, 0.1) is 23.2 Å². The number of aliphatic hydroxyl groups excluding tert-OH is 1. The summed E-state index contributed by atoms with van der Waals surface area (Å²) in [5.74, 6) is 5.74. The molecule has 20 heavy (non-hydrogen) atoms. The van der Waals surface area contributed by atoms with Crippen LogP contribution in [-0.4, -0.2) is 29.1 Å². The monoisotopic (exact) mass is 272 g/mol. The number of nitrogens with zero attached hydrogens (tertiary/aromatic N) is 1. The highest BCUT2D eigenvalue weighted by molar-refractivity contribution is 5.92. The van der Waals surface area contributed by atoms with E-state index in [0.29, 0.717) is 22.6 Å². The number of carbonyl (C=O) groups is 1. The lowest BCUT2D eigenvalue weighted by Gasteiger charge is -2.19. The highest BCUT2D eigenvalue weighted by Gasteiger charge is 2.45. The zero-order chi connectivity index (χ0) is 14.6. The molecule has 0 aromatic carbocycles. The van der Waals surface area contributed by atoms with Gasteiger partial charge in [0.25, 0.3) is 5.91 Å². The molecule has 0 saturated heterocycles. The highest BCUT2D eigenvalue weighted by atomic mass is 16.2. The van der Waals surface area contributed by atoms with E-state index in [4.69, 9.17) is 5.11 Å². The summed E-state index contributed by atoms with van der Waals surface area (Å²) in [5, 5.41) is 11.6. The van der Waals surface area contributed by atoms with Crippen molar-refractivity contribution in [1.29, 1.82) is 0 Å². The maximum absolute atomic E-state index is 12.0. The zero-order valence-corrected chi connectivity index (χ0v) is 11.9. The molecule has 2 N–H and O–H groups in total. The van der Waals surface area contributed by atoms with E-state index >= 15 is 0 Å². The summed E-state index contributed by atoms with van der Waals surface area (Å²) in [6.07, 6.45) is 3.93. The van der Waals surface area contributed by atoms with E-state index in [1.165, 1.54) is 12.8 Å². The van der Waals surface area contributed by atoms with Gasteiger partial charge in [-0.1, -0.05) is 25.7 Å². The number of hydrogen-bond acceptors (Lipinski definition) is 3. The van der Waals surface area contributed by atoms with Gasteiger partial charge in [-0.05, 0) is 36.3 Å². The zero-order valence-electron chi connectivity index (χ0n) is 11.9. The molecule has 0 unspecified atom stereocenters. The molecule has 0 aliphatic heterocycles. The summed E-state index contributed by atoms with van der Waals surface area (Å²) in [4.78, 5) is 16.1. The average molecular weight is 272 g/mol. The van der Waals surface area contributed by atoms with Gasteiger partial charge >= 0.3 is 0 Å². The first-order valence-electron chi connectivity index (χ1n) is 6.91. The molecular formula is C16H20N2O2. The van der Waals surface area contributed by atoms with Crippen molar-refractivity contribution < 1.29 is 9.90 Å². The molecule has 1 fully saturated rings. The Kier molecular flexibility index (Phi) is 4.41. The predicted octanol–water partition coefficient (Wildman–Crippen LogP) is 1.59. The molecule has 1 aromatic rings. The number of pyridine rings is 1. The summed E-state index contributed by atoms with van der Waals surface area (Å²) in [5.41, 5.74) is 1.39. The van der Waals surface area contributed by atoms with E-state index in [9.17, 15) is 4.79 Å². The van der Waals surface area contributed by atoms with E-state index in [0.717, 1.165) is 6.54 Å². The third-order valence-corrected chi connectivity index (χ3v) is 4.03. The Morgan fingerprint density at radius 2 is 2.25 bits per heavy atom. The van der Waals surface area contributed by atoms with Crippen LogP contribution in [0.4, 0.5) is 0 Å². The molecule has 1 amide bonds. The molecule has 2 rings (SSSR count). The van der Waals surface area contributed by atoms with Gasteiger partial charge in [-0.15, -0.1) is 0 Å². The van der Waals surface area contributed by atoms with E-state index in [2.05, 4.69) is 36.0 Å². The minimum atomic E-state index is -0.181. The van der Waals surface area contributed by atoms with Crippen LogP contribution in [0.1, 0.15) is 42.7 Å². The van der Waals surface area contributed by atoms with Crippen LogP contribution in [0.25, 0.3) is 0 Å². The normalized spacial score (nSPS) is 15.4. The molecule has 1 aliphatic carbocycles. The maximum atomic E-state index is 12.0. The van der Waals surface area contributed by atoms with Gasteiger partial charge in [0, 0.05) is 18.3 Å². The molecule has 106 valence electrons. The van der Waals surface area contributed by atoms with Gasteiger partial charge < -0.3 is 10.4 Å². The summed E-state index contributed by atoms with van der Waals surface area (Å²) >= 11 is 0. The molecule has 0 atom stereocenters. The van der Waals surface area contributed by atoms with Gasteiger partial charge in [-0.3, -0.25) is 4.79 Å². The first-order valence-corrected chi connectivity index (χ1v) is 6.91. The number of carbonyl (C=O) groups excluding carboxylic acids is 1. The van der Waals surface area contributed by atoms with Gasteiger partial charge in [0.1, 0.15) is 12.3 Å². The average Bonchev–Trinajstić information content (AvgIpc) is 3.24. The summed E-state index contributed by atoms with van der Waals surface area (Å²) in [6, 6.07) is 3.39. The molecule has 1 heterocycles. The standard InChI is InChI=1S/C16H20N2O2/c1-12(2)16(7-8-16)11-18-15(20)14-6-5-13(10-17-14)4-3-9-19/h5-6,10,12,19H,7-9,11H2,1-2H3,(H,18,20). The van der Waals surface area contributed by atoms with Gasteiger partial charge in [0.2, 0.25) is 0 Å². The smallest absolute Gasteiger partial charge is 0.269 e. The minimum Gasteiger partial charge on any atom is -0.384 e. The summed E-state index contributed by atoms with van der Waals surface area (Å²) in [6.45, 7) is 4.94. The molecule has 0 radical (unpaired) electrons. The molecule has 1 aliphatic rings. The quantitative estimate of drug-likeness (QED) is 0.818. The minimum absolute atomic E-state index is 0.140. The van der Waals surface area contributed by atoms with E-state index in [1.54, 1.807) is 18.3 Å². The number of rotatable bonds is 4. The second-order valence-electron chi connectivity index (χ2n) is 5.59. The van der Waals surface area contributed by atoms with Gasteiger partial charge in [0.05, 0.1) is 0 Å². The number of nitrogens with one attached hydrogen (secondary N) is 1. The van der Waals surface area contributed by atoms with Gasteiger partial charge in [0.15, 0.2) is 0 Å². The van der Waals surface area contributed by atoms with Crippen LogP contribution in [0.15, 0.2) is 18.3 Å². The molecule has 0 bridgehead atoms. The molecule has 4 nitrogen and oxygen atoms in total. The number of aliphatic hydroxyl groups is 1. The van der Waals surface area contributed by atoms with E-state index < -0.39 is 0 Å². The van der Waals surface area contributed by atoms with Crippen molar-refractivity contribution in [2.45, 2.75) is 26.7 Å². The van der Waals surface area contributed by atoms with Crippen LogP contribution in [-0.2, 0) is 0 Å². The lowest BCUT2D eigenvalue weighted by atomic mass is 9.92. The fraction of sp³-hybridized carbons (Fsp3) is 0.500. The van der Waals surface area contributed by atoms with Gasteiger partial charge in [-0.2, -0.15) is 0 Å². The maximum Gasteiger partial charge on any atom is 0.269 e. The molecule has 1 saturated carbocycles. The fourth-order valence-corrected chi connectivity index (χ4v) is 2.21. The van der Waals surface area contributed by atoms with E-state index in [-0.39, 0.29) is 12.5 Å². The predicted molar refractivity (Wildman–Crippen MR) is 77.0 cm³/mol. The molecule has 4 heteroatoms. The molecular weight excluding hydrogens is 252 g/mol. The van der Waals surface area contributed by atoms with Crippen LogP contribution in [0.3, 0.4) is 0 Å². The van der Waals surface area contributed by atoms with Crippen molar-refractivity contribution in [3.63, 3.8) is 0 Å². The Hall–Kier alpha value is -1.86. The van der Waals surface area contributed by atoms with Crippen molar-refractivity contribution in [3.05, 3.63) is 29.6 Å². The van der Waals surface area contributed by atoms with Gasteiger partial charge in [-0.25, -0.2) is 4.98 Å². The van der Waals surface area contributed by atoms with Crippen LogP contribution >= 0.6 is 0 Å². The Morgan fingerprint density at radius 1 is 1.50 bits per heavy atom. The SMILES string of the molecule is CC(C)C1(CNC(=O)c2ccc(C#CCO)cn2)CC1. The van der Waals surface area contributed by atoms with Crippen molar-refractivity contribution >= 4 is 5.91 Å². The summed E-state index contributed by atoms with van der Waals surface area (Å²) < 4.78 is 0. The van der Waals surface area contributed by atoms with Crippen LogP contribution in [0.5, 0.6) is 0 Å². The Morgan fingerprint density at radius 3 is 2.75 bits per heavy atom. The number of amides is 1. The molecule has 0 spiro atoms. The van der Waals surface area contributed by atoms with Crippen molar-refractivity contribution in [2.24, 2.45) is 11.3 Å². The number of aromatic nitrogens is 1. The van der Waals surface area contributed by atoms with E-state index in [1.807, 2.05) is 0 Å². The Balaban J connectivity index is 1.93.